The van der Waals surface area contributed by atoms with Crippen LogP contribution in [0.5, 0.6) is 28.9 Å². The number of aromatic nitrogens is 4. The molecule has 2 aromatic heterocycles. The number of methoxy groups -OCH3 is 1. The van der Waals surface area contributed by atoms with Crippen LogP contribution < -0.4 is 23.7 Å². The van der Waals surface area contributed by atoms with Crippen molar-refractivity contribution in [2.75, 3.05) is 25.0 Å². The zero-order chi connectivity index (χ0) is 38.0. The molecule has 0 saturated carbocycles. The zero-order valence-electron chi connectivity index (χ0n) is 29.0. The standard InChI is InChI=1S/C35H36N6O11S/c1-35(2,3)24-13-15-26(16-14-24)53(45,46)40-30-29(52-28-12-6-5-11-27(28)47-4)33(39-32(38-30)31-36-17-8-18-37-31)48-19-20-49-34(42)51-25-10-7-9-23(21-25)22-50-41(43)44/h5-18,21,43-44H,19-20,22H2,1-4H3,(H,38,39,40). The van der Waals surface area contributed by atoms with Crippen molar-refractivity contribution in [3.8, 4) is 40.5 Å². The summed E-state index contributed by atoms with van der Waals surface area (Å²) >= 11 is 0. The molecule has 53 heavy (non-hydrogen) atoms. The second-order valence-electron chi connectivity index (χ2n) is 12.0. The summed E-state index contributed by atoms with van der Waals surface area (Å²) in [5.41, 5.74) is 1.19. The van der Waals surface area contributed by atoms with E-state index in [1.807, 2.05) is 20.8 Å². The van der Waals surface area contributed by atoms with Gasteiger partial charge in [0.25, 0.3) is 15.9 Å². The molecule has 0 radical (unpaired) electrons. The number of hydrogen-bond acceptors (Lipinski definition) is 16. The number of anilines is 1. The van der Waals surface area contributed by atoms with E-state index in [1.54, 1.807) is 54.6 Å². The van der Waals surface area contributed by atoms with Crippen LogP contribution in [0.4, 0.5) is 10.6 Å². The van der Waals surface area contributed by atoms with Crippen molar-refractivity contribution < 1.29 is 52.1 Å². The van der Waals surface area contributed by atoms with E-state index < -0.39 is 21.6 Å². The lowest BCUT2D eigenvalue weighted by atomic mass is 9.87. The molecular formula is C35H36N6O11S. The van der Waals surface area contributed by atoms with Crippen molar-refractivity contribution in [1.29, 1.82) is 0 Å². The zero-order valence-corrected chi connectivity index (χ0v) is 29.8. The molecule has 3 aromatic carbocycles. The summed E-state index contributed by atoms with van der Waals surface area (Å²) in [5, 5.41) is 17.1. The van der Waals surface area contributed by atoms with Gasteiger partial charge in [-0.25, -0.2) is 33.0 Å². The molecule has 0 bridgehead atoms. The maximum Gasteiger partial charge on any atom is 0.513 e. The summed E-state index contributed by atoms with van der Waals surface area (Å²) in [6.07, 6.45) is 1.85. The fourth-order valence-electron chi connectivity index (χ4n) is 4.56. The molecule has 5 aromatic rings. The molecule has 5 rings (SSSR count). The van der Waals surface area contributed by atoms with Crippen molar-refractivity contribution in [2.24, 2.45) is 0 Å². The predicted octanol–water partition coefficient (Wildman–Crippen LogP) is 5.94. The Morgan fingerprint density at radius 3 is 2.26 bits per heavy atom. The van der Waals surface area contributed by atoms with Crippen molar-refractivity contribution in [2.45, 2.75) is 37.7 Å². The lowest BCUT2D eigenvalue weighted by molar-refractivity contribution is -0.497. The molecule has 0 unspecified atom stereocenters. The van der Waals surface area contributed by atoms with Crippen LogP contribution >= 0.6 is 0 Å². The number of carbonyl (C=O) groups excluding carboxylic acids is 1. The van der Waals surface area contributed by atoms with Gasteiger partial charge < -0.3 is 23.7 Å². The highest BCUT2D eigenvalue weighted by Gasteiger charge is 2.26. The van der Waals surface area contributed by atoms with E-state index in [1.165, 1.54) is 43.8 Å². The predicted molar refractivity (Wildman–Crippen MR) is 186 cm³/mol. The van der Waals surface area contributed by atoms with Crippen LogP contribution in [0.25, 0.3) is 11.6 Å². The number of para-hydroxylation sites is 2. The average Bonchev–Trinajstić information content (AvgIpc) is 3.13. The molecule has 0 spiro atoms. The Bertz CT molecular complexity index is 2110. The average molecular weight is 749 g/mol. The number of ether oxygens (including phenoxy) is 5. The van der Waals surface area contributed by atoms with Gasteiger partial charge in [0.05, 0.1) is 24.0 Å². The largest absolute Gasteiger partial charge is 0.513 e. The summed E-state index contributed by atoms with van der Waals surface area (Å²) in [7, 11) is -2.83. The normalized spacial score (nSPS) is 11.5. The van der Waals surface area contributed by atoms with E-state index in [0.717, 1.165) is 5.56 Å². The second-order valence-corrected chi connectivity index (χ2v) is 13.6. The number of hydrogen-bond donors (Lipinski definition) is 3. The summed E-state index contributed by atoms with van der Waals surface area (Å²) in [4.78, 5) is 34.3. The molecule has 0 aliphatic carbocycles. The van der Waals surface area contributed by atoms with Crippen LogP contribution in [0.1, 0.15) is 31.9 Å². The van der Waals surface area contributed by atoms with Crippen molar-refractivity contribution in [3.63, 3.8) is 0 Å². The highest BCUT2D eigenvalue weighted by Crippen LogP contribution is 2.41. The van der Waals surface area contributed by atoms with Crippen LogP contribution in [0, 0.1) is 0 Å². The Hall–Kier alpha value is -5.92. The third kappa shape index (κ3) is 10.6. The Balaban J connectivity index is 1.44. The molecule has 2 heterocycles. The molecular weight excluding hydrogens is 712 g/mol. The highest BCUT2D eigenvalue weighted by molar-refractivity contribution is 7.92. The summed E-state index contributed by atoms with van der Waals surface area (Å²) in [6.45, 7) is 5.18. The lowest BCUT2D eigenvalue weighted by Gasteiger charge is -2.20. The maximum atomic E-state index is 13.8. The van der Waals surface area contributed by atoms with Gasteiger partial charge in [0.15, 0.2) is 23.1 Å². The Morgan fingerprint density at radius 2 is 1.58 bits per heavy atom. The van der Waals surface area contributed by atoms with Crippen molar-refractivity contribution in [3.05, 3.63) is 102 Å². The van der Waals surface area contributed by atoms with Gasteiger partial charge >= 0.3 is 6.16 Å². The second kappa shape index (κ2) is 17.1. The van der Waals surface area contributed by atoms with Crippen LogP contribution in [0.2, 0.25) is 0 Å². The lowest BCUT2D eigenvalue weighted by Crippen LogP contribution is -2.18. The van der Waals surface area contributed by atoms with Gasteiger partial charge in [0, 0.05) is 12.4 Å². The Morgan fingerprint density at radius 1 is 0.868 bits per heavy atom. The Kier molecular flexibility index (Phi) is 12.3. The van der Waals surface area contributed by atoms with E-state index in [0.29, 0.717) is 11.3 Å². The number of nitrogens with zero attached hydrogens (tertiary/aromatic N) is 5. The van der Waals surface area contributed by atoms with Gasteiger partial charge in [-0.1, -0.05) is 57.2 Å². The number of nitrogens with one attached hydrogen (secondary N) is 1. The minimum absolute atomic E-state index is 0.0407. The number of carbonyl (C=O) groups is 1. The van der Waals surface area contributed by atoms with E-state index in [4.69, 9.17) is 34.1 Å². The third-order valence-corrected chi connectivity index (χ3v) is 8.49. The molecule has 17 nitrogen and oxygen atoms in total. The summed E-state index contributed by atoms with van der Waals surface area (Å²) in [5.74, 6) is -0.265. The quantitative estimate of drug-likeness (QED) is 0.0489. The fourth-order valence-corrected chi connectivity index (χ4v) is 5.56. The summed E-state index contributed by atoms with van der Waals surface area (Å²) < 4.78 is 58.0. The van der Waals surface area contributed by atoms with E-state index in [-0.39, 0.29) is 70.7 Å². The molecule has 278 valence electrons. The van der Waals surface area contributed by atoms with Crippen LogP contribution in [0.15, 0.2) is 96.2 Å². The van der Waals surface area contributed by atoms with Gasteiger partial charge in [0.1, 0.15) is 19.0 Å². The first-order valence-electron chi connectivity index (χ1n) is 15.8. The van der Waals surface area contributed by atoms with Gasteiger partial charge in [-0.05, 0) is 59.0 Å². The van der Waals surface area contributed by atoms with Gasteiger partial charge in [-0.2, -0.15) is 4.98 Å². The maximum absolute atomic E-state index is 13.8. The van der Waals surface area contributed by atoms with Crippen molar-refractivity contribution >= 4 is 22.0 Å². The first-order chi connectivity index (χ1) is 25.3. The third-order valence-electron chi connectivity index (χ3n) is 7.13. The topological polar surface area (TPSA) is 214 Å². The minimum atomic E-state index is -4.27. The molecule has 0 aliphatic rings. The minimum Gasteiger partial charge on any atom is -0.493 e. The number of benzene rings is 3. The van der Waals surface area contributed by atoms with Gasteiger partial charge in [0.2, 0.25) is 11.6 Å². The Labute approximate surface area is 304 Å². The van der Waals surface area contributed by atoms with Gasteiger partial charge in [-0.15, -0.1) is 0 Å². The molecule has 3 N–H and O–H groups in total. The van der Waals surface area contributed by atoms with Crippen LogP contribution in [-0.4, -0.2) is 70.6 Å². The van der Waals surface area contributed by atoms with E-state index >= 15 is 0 Å². The van der Waals surface area contributed by atoms with E-state index in [9.17, 15) is 13.2 Å². The number of rotatable bonds is 15. The van der Waals surface area contributed by atoms with Crippen LogP contribution in [-0.2, 0) is 31.6 Å². The molecule has 0 saturated heterocycles. The smallest absolute Gasteiger partial charge is 0.493 e. The molecule has 0 fully saturated rings. The van der Waals surface area contributed by atoms with Crippen LogP contribution in [0.3, 0.4) is 0 Å². The SMILES string of the molecule is COc1ccccc1Oc1c(NS(=O)(=O)c2ccc(C(C)(C)C)cc2)nc(-c2ncccn2)nc1OCCOC(=O)Oc1cccc(CON(O)O)c1. The first kappa shape index (κ1) is 38.3. The molecule has 18 heteroatoms. The highest BCUT2D eigenvalue weighted by atomic mass is 32.2. The summed E-state index contributed by atoms with van der Waals surface area (Å²) in [6, 6.07) is 20.7. The number of sulfonamides is 1. The molecule has 0 atom stereocenters. The molecule has 0 amide bonds. The van der Waals surface area contributed by atoms with Gasteiger partial charge in [-0.3, -0.25) is 15.1 Å². The van der Waals surface area contributed by atoms with Crippen molar-refractivity contribution in [1.82, 2.24) is 25.3 Å². The monoisotopic (exact) mass is 748 g/mol. The fraction of sp³-hybridized carbons (Fsp3) is 0.229. The van der Waals surface area contributed by atoms with E-state index in [2.05, 4.69) is 29.5 Å². The molecule has 0 aliphatic heterocycles. The first-order valence-corrected chi connectivity index (χ1v) is 17.3.